The van der Waals surface area contributed by atoms with Crippen LogP contribution in [0.4, 0.5) is 4.39 Å². The zero-order chi connectivity index (χ0) is 17.2. The summed E-state index contributed by atoms with van der Waals surface area (Å²) in [6, 6.07) is 12.0. The van der Waals surface area contributed by atoms with Crippen molar-refractivity contribution in [1.82, 2.24) is 5.32 Å². The maximum Gasteiger partial charge on any atom is 0.135 e. The van der Waals surface area contributed by atoms with Crippen LogP contribution < -0.4 is 10.1 Å². The fraction of sp³-hybridized carbons (Fsp3) is 0.368. The molecule has 0 aromatic heterocycles. The van der Waals surface area contributed by atoms with Crippen molar-refractivity contribution in [1.29, 1.82) is 0 Å². The minimum atomic E-state index is -0.917. The molecule has 5 heteroatoms. The third-order valence-corrected chi connectivity index (χ3v) is 4.44. The lowest BCUT2D eigenvalue weighted by molar-refractivity contribution is -0.0434. The van der Waals surface area contributed by atoms with Crippen LogP contribution in [-0.2, 0) is 10.3 Å². The highest BCUT2D eigenvalue weighted by Gasteiger charge is 2.41. The lowest BCUT2D eigenvalue weighted by atomic mass is 9.81. The van der Waals surface area contributed by atoms with Crippen molar-refractivity contribution >= 4 is 0 Å². The van der Waals surface area contributed by atoms with Crippen molar-refractivity contribution in [3.05, 3.63) is 65.0 Å². The third-order valence-electron chi connectivity index (χ3n) is 4.44. The second kappa shape index (κ2) is 6.89. The maximum atomic E-state index is 14.0. The summed E-state index contributed by atoms with van der Waals surface area (Å²) < 4.78 is 25.7. The first-order valence-electron chi connectivity index (χ1n) is 8.04. The summed E-state index contributed by atoms with van der Waals surface area (Å²) in [6.07, 6.45) is -0.664. The summed E-state index contributed by atoms with van der Waals surface area (Å²) in [7, 11) is 1.56. The predicted octanol–water partition coefficient (Wildman–Crippen LogP) is 2.75. The number of rotatable bonds is 4. The van der Waals surface area contributed by atoms with E-state index in [1.165, 1.54) is 12.1 Å². The lowest BCUT2D eigenvalue weighted by Gasteiger charge is -2.40. The summed E-state index contributed by atoms with van der Waals surface area (Å²) in [4.78, 5) is 0. The Morgan fingerprint density at radius 2 is 2.04 bits per heavy atom. The van der Waals surface area contributed by atoms with Crippen LogP contribution in [0.25, 0.3) is 0 Å². The smallest absolute Gasteiger partial charge is 0.135 e. The molecule has 0 saturated carbocycles. The van der Waals surface area contributed by atoms with Gasteiger partial charge in [0.05, 0.1) is 19.8 Å². The van der Waals surface area contributed by atoms with Crippen LogP contribution in [0.15, 0.2) is 42.5 Å². The van der Waals surface area contributed by atoms with Gasteiger partial charge >= 0.3 is 0 Å². The van der Waals surface area contributed by atoms with Gasteiger partial charge in [0.2, 0.25) is 0 Å². The normalized spacial score (nSPS) is 22.2. The quantitative estimate of drug-likeness (QED) is 0.904. The molecule has 0 spiro atoms. The number of ether oxygens (including phenoxy) is 2. The van der Waals surface area contributed by atoms with E-state index < -0.39 is 11.7 Å². The Morgan fingerprint density at radius 3 is 2.71 bits per heavy atom. The molecule has 1 aliphatic heterocycles. The van der Waals surface area contributed by atoms with Gasteiger partial charge in [0, 0.05) is 18.7 Å². The molecule has 1 saturated heterocycles. The van der Waals surface area contributed by atoms with Crippen molar-refractivity contribution in [2.75, 3.05) is 26.8 Å². The highest BCUT2D eigenvalue weighted by molar-refractivity contribution is 5.49. The Balaban J connectivity index is 2.26. The molecule has 24 heavy (non-hydrogen) atoms. The highest BCUT2D eigenvalue weighted by atomic mass is 19.1. The molecule has 2 aromatic carbocycles. The maximum absolute atomic E-state index is 14.0. The first-order valence-corrected chi connectivity index (χ1v) is 8.04. The summed E-state index contributed by atoms with van der Waals surface area (Å²) in [5.41, 5.74) is 1.27. The molecule has 0 bridgehead atoms. The topological polar surface area (TPSA) is 50.7 Å². The van der Waals surface area contributed by atoms with Gasteiger partial charge in [-0.3, -0.25) is 0 Å². The molecular formula is C19H22FNO3. The number of aliphatic hydroxyl groups excluding tert-OH is 1. The van der Waals surface area contributed by atoms with E-state index in [1.807, 2.05) is 24.3 Å². The summed E-state index contributed by atoms with van der Waals surface area (Å²) in [6.45, 7) is 3.38. The van der Waals surface area contributed by atoms with Crippen LogP contribution in [0.5, 0.6) is 5.75 Å². The molecule has 0 radical (unpaired) electrons. The fourth-order valence-electron chi connectivity index (χ4n) is 3.33. The van der Waals surface area contributed by atoms with E-state index in [2.05, 4.69) is 5.32 Å². The number of aliphatic hydroxyl groups is 1. The van der Waals surface area contributed by atoms with E-state index in [-0.39, 0.29) is 5.82 Å². The number of hydrogen-bond donors (Lipinski definition) is 2. The molecule has 1 aliphatic rings. The zero-order valence-electron chi connectivity index (χ0n) is 13.9. The van der Waals surface area contributed by atoms with E-state index in [1.54, 1.807) is 20.1 Å². The molecule has 1 heterocycles. The number of methoxy groups -OCH3 is 1. The zero-order valence-corrected chi connectivity index (χ0v) is 13.9. The summed E-state index contributed by atoms with van der Waals surface area (Å²) in [5, 5.41) is 13.5. The molecule has 1 fully saturated rings. The van der Waals surface area contributed by atoms with Gasteiger partial charge in [-0.2, -0.15) is 0 Å². The highest BCUT2D eigenvalue weighted by Crippen LogP contribution is 2.42. The third kappa shape index (κ3) is 2.90. The van der Waals surface area contributed by atoms with Crippen LogP contribution >= 0.6 is 0 Å². The van der Waals surface area contributed by atoms with Crippen molar-refractivity contribution in [2.45, 2.75) is 18.6 Å². The molecular weight excluding hydrogens is 309 g/mol. The van der Waals surface area contributed by atoms with Gasteiger partial charge in [-0.05, 0) is 36.2 Å². The Morgan fingerprint density at radius 1 is 1.25 bits per heavy atom. The van der Waals surface area contributed by atoms with Crippen molar-refractivity contribution in [3.63, 3.8) is 0 Å². The molecule has 3 rings (SSSR count). The lowest BCUT2D eigenvalue weighted by Crippen LogP contribution is -2.49. The Labute approximate surface area is 141 Å². The number of halogens is 1. The second-order valence-corrected chi connectivity index (χ2v) is 5.96. The number of nitrogens with one attached hydrogen (secondary N) is 1. The fourth-order valence-corrected chi connectivity index (χ4v) is 3.33. The summed E-state index contributed by atoms with van der Waals surface area (Å²) in [5.74, 6) is 0.203. The Hall–Kier alpha value is -1.95. The van der Waals surface area contributed by atoms with Gasteiger partial charge in [-0.25, -0.2) is 4.39 Å². The molecule has 2 atom stereocenters. The van der Waals surface area contributed by atoms with Crippen molar-refractivity contribution in [3.8, 4) is 5.75 Å². The minimum Gasteiger partial charge on any atom is -0.496 e. The van der Waals surface area contributed by atoms with E-state index in [9.17, 15) is 9.50 Å². The average molecular weight is 331 g/mol. The average Bonchev–Trinajstić information content (AvgIpc) is 2.62. The largest absolute Gasteiger partial charge is 0.496 e. The van der Waals surface area contributed by atoms with E-state index in [0.717, 1.165) is 17.7 Å². The number of morpholine rings is 1. The van der Waals surface area contributed by atoms with Gasteiger partial charge in [0.15, 0.2) is 0 Å². The predicted molar refractivity (Wildman–Crippen MR) is 89.6 cm³/mol. The van der Waals surface area contributed by atoms with E-state index in [4.69, 9.17) is 9.47 Å². The number of benzene rings is 2. The molecule has 0 amide bonds. The van der Waals surface area contributed by atoms with E-state index in [0.29, 0.717) is 24.5 Å². The van der Waals surface area contributed by atoms with Crippen molar-refractivity contribution < 1.29 is 19.0 Å². The van der Waals surface area contributed by atoms with Crippen LogP contribution in [0.3, 0.4) is 0 Å². The van der Waals surface area contributed by atoms with Crippen LogP contribution in [0.1, 0.15) is 29.7 Å². The van der Waals surface area contributed by atoms with Crippen molar-refractivity contribution in [2.24, 2.45) is 0 Å². The monoisotopic (exact) mass is 331 g/mol. The number of hydrogen-bond acceptors (Lipinski definition) is 4. The molecule has 2 aromatic rings. The standard InChI is InChI=1S/C19H22FNO3/c1-13(22)15-5-3-4-6-16(15)19(12-21-9-10-24-19)17-11-14(20)7-8-18(17)23-2/h3-8,11,13,21-22H,9-10,12H2,1-2H3. The summed E-state index contributed by atoms with van der Waals surface area (Å²) >= 11 is 0. The van der Waals surface area contributed by atoms with Gasteiger partial charge in [-0.15, -0.1) is 0 Å². The molecule has 2 unspecified atom stereocenters. The molecule has 4 nitrogen and oxygen atoms in total. The van der Waals surface area contributed by atoms with Crippen LogP contribution in [-0.4, -0.2) is 31.9 Å². The minimum absolute atomic E-state index is 0.353. The van der Waals surface area contributed by atoms with Crippen LogP contribution in [0, 0.1) is 5.82 Å². The Kier molecular flexibility index (Phi) is 4.85. The molecule has 2 N–H and O–H groups in total. The van der Waals surface area contributed by atoms with Crippen LogP contribution in [0.2, 0.25) is 0 Å². The first kappa shape index (κ1) is 16.9. The van der Waals surface area contributed by atoms with Gasteiger partial charge < -0.3 is 19.9 Å². The second-order valence-electron chi connectivity index (χ2n) is 5.96. The van der Waals surface area contributed by atoms with Gasteiger partial charge in [-0.1, -0.05) is 24.3 Å². The van der Waals surface area contributed by atoms with E-state index >= 15 is 0 Å². The molecule has 0 aliphatic carbocycles. The Bertz CT molecular complexity index is 712. The first-order chi connectivity index (χ1) is 11.6. The van der Waals surface area contributed by atoms with Gasteiger partial charge in [0.25, 0.3) is 0 Å². The SMILES string of the molecule is COc1ccc(F)cc1C1(c2ccccc2C(C)O)CNCCO1. The molecule has 128 valence electrons. The van der Waals surface area contributed by atoms with Gasteiger partial charge in [0.1, 0.15) is 17.2 Å².